The standard InChI is InChI=1S/C14H28N6S2/c1-11(17-19-13(15)21)9-7-5-3-4-6-8-10-12(2)18-20-14(16)22/h3-10H2,1-2H3,(H3,15,19,21)(H3,16,20,22)/b17-11-,18-12+. The van der Waals surface area contributed by atoms with Gasteiger partial charge in [-0.25, -0.2) is 0 Å². The van der Waals surface area contributed by atoms with E-state index in [2.05, 4.69) is 21.1 Å². The molecule has 0 aliphatic rings. The molecule has 0 aromatic carbocycles. The highest BCUT2D eigenvalue weighted by molar-refractivity contribution is 7.80. The normalized spacial score (nSPS) is 12.1. The van der Waals surface area contributed by atoms with Crippen LogP contribution >= 0.6 is 24.4 Å². The van der Waals surface area contributed by atoms with Gasteiger partial charge in [-0.3, -0.25) is 10.9 Å². The fourth-order valence-electron chi connectivity index (χ4n) is 1.88. The van der Waals surface area contributed by atoms with Crippen LogP contribution < -0.4 is 22.3 Å². The molecule has 0 amide bonds. The fraction of sp³-hybridized carbons (Fsp3) is 0.714. The van der Waals surface area contributed by atoms with E-state index in [1.54, 1.807) is 0 Å². The second kappa shape index (κ2) is 13.4. The summed E-state index contributed by atoms with van der Waals surface area (Å²) in [4.78, 5) is 0. The van der Waals surface area contributed by atoms with E-state index in [1.165, 1.54) is 25.7 Å². The Morgan fingerprint density at radius 1 is 0.727 bits per heavy atom. The van der Waals surface area contributed by atoms with Crippen LogP contribution in [-0.4, -0.2) is 21.6 Å². The molecule has 126 valence electrons. The third-order valence-corrected chi connectivity index (χ3v) is 3.22. The predicted molar refractivity (Wildman–Crippen MR) is 103 cm³/mol. The molecule has 0 fully saturated rings. The molecule has 0 saturated heterocycles. The zero-order chi connectivity index (χ0) is 16.8. The van der Waals surface area contributed by atoms with Crippen LogP contribution in [0.1, 0.15) is 65.2 Å². The number of nitrogens with zero attached hydrogens (tertiary/aromatic N) is 2. The zero-order valence-electron chi connectivity index (χ0n) is 13.5. The van der Waals surface area contributed by atoms with Gasteiger partial charge in [-0.2, -0.15) is 10.2 Å². The molecular weight excluding hydrogens is 316 g/mol. The number of rotatable bonds is 11. The van der Waals surface area contributed by atoms with Gasteiger partial charge >= 0.3 is 0 Å². The number of hydrogen-bond donors (Lipinski definition) is 4. The molecule has 0 bridgehead atoms. The van der Waals surface area contributed by atoms with Crippen molar-refractivity contribution in [3.05, 3.63) is 0 Å². The molecule has 0 aromatic rings. The molecule has 0 saturated carbocycles. The Kier molecular flexibility index (Phi) is 12.6. The van der Waals surface area contributed by atoms with E-state index in [9.17, 15) is 0 Å². The van der Waals surface area contributed by atoms with Crippen LogP contribution in [0.5, 0.6) is 0 Å². The monoisotopic (exact) mass is 344 g/mol. The van der Waals surface area contributed by atoms with Gasteiger partial charge in [0.25, 0.3) is 0 Å². The Morgan fingerprint density at radius 2 is 1.05 bits per heavy atom. The molecule has 0 aliphatic carbocycles. The highest BCUT2D eigenvalue weighted by Crippen LogP contribution is 2.09. The minimum absolute atomic E-state index is 0.210. The van der Waals surface area contributed by atoms with Crippen molar-refractivity contribution < 1.29 is 0 Å². The van der Waals surface area contributed by atoms with E-state index >= 15 is 0 Å². The molecule has 0 heterocycles. The van der Waals surface area contributed by atoms with Crippen LogP contribution in [0.3, 0.4) is 0 Å². The topological polar surface area (TPSA) is 101 Å². The quantitative estimate of drug-likeness (QED) is 0.199. The summed E-state index contributed by atoms with van der Waals surface area (Å²) in [6, 6.07) is 0. The van der Waals surface area contributed by atoms with Crippen molar-refractivity contribution in [2.75, 3.05) is 0 Å². The van der Waals surface area contributed by atoms with Crippen molar-refractivity contribution in [3.8, 4) is 0 Å². The van der Waals surface area contributed by atoms with E-state index in [0.717, 1.165) is 37.1 Å². The van der Waals surface area contributed by atoms with Gasteiger partial charge in [-0.15, -0.1) is 0 Å². The summed E-state index contributed by atoms with van der Waals surface area (Å²) in [5.74, 6) is 0. The van der Waals surface area contributed by atoms with Crippen molar-refractivity contribution in [2.45, 2.75) is 65.2 Å². The lowest BCUT2D eigenvalue weighted by Gasteiger charge is -2.04. The Labute approximate surface area is 144 Å². The Hall–Kier alpha value is -1.28. The van der Waals surface area contributed by atoms with Gasteiger partial charge < -0.3 is 11.5 Å². The first-order valence-corrected chi connectivity index (χ1v) is 8.40. The Bertz CT molecular complexity index is 368. The zero-order valence-corrected chi connectivity index (χ0v) is 15.2. The summed E-state index contributed by atoms with van der Waals surface area (Å²) in [5.41, 5.74) is 17.9. The van der Waals surface area contributed by atoms with Gasteiger partial charge in [-0.05, 0) is 64.0 Å². The van der Waals surface area contributed by atoms with Crippen LogP contribution in [0, 0.1) is 0 Å². The lowest BCUT2D eigenvalue weighted by atomic mass is 10.1. The van der Waals surface area contributed by atoms with E-state index in [-0.39, 0.29) is 10.2 Å². The third-order valence-electron chi connectivity index (χ3n) is 3.04. The molecule has 0 aromatic heterocycles. The summed E-state index contributed by atoms with van der Waals surface area (Å²) in [5, 5.41) is 8.59. The largest absolute Gasteiger partial charge is 0.375 e. The first kappa shape index (κ1) is 20.7. The van der Waals surface area contributed by atoms with Gasteiger partial charge in [0.2, 0.25) is 0 Å². The van der Waals surface area contributed by atoms with Crippen molar-refractivity contribution >= 4 is 46.1 Å². The average molecular weight is 345 g/mol. The first-order valence-electron chi connectivity index (χ1n) is 7.59. The molecular formula is C14H28N6S2. The average Bonchev–Trinajstić information content (AvgIpc) is 2.45. The number of hydrogen-bond acceptors (Lipinski definition) is 4. The van der Waals surface area contributed by atoms with Crippen molar-refractivity contribution in [1.29, 1.82) is 0 Å². The summed E-state index contributed by atoms with van der Waals surface area (Å²) >= 11 is 9.38. The highest BCUT2D eigenvalue weighted by atomic mass is 32.1. The summed E-state index contributed by atoms with van der Waals surface area (Å²) < 4.78 is 0. The van der Waals surface area contributed by atoms with E-state index in [1.807, 2.05) is 13.8 Å². The van der Waals surface area contributed by atoms with Crippen LogP contribution in [0.4, 0.5) is 0 Å². The SMILES string of the molecule is C/C(CCCCCCCC/C(C)=N/NC(N)=S)=N/NC(N)=S. The molecule has 0 unspecified atom stereocenters. The van der Waals surface area contributed by atoms with Gasteiger partial charge in [0.1, 0.15) is 0 Å². The van der Waals surface area contributed by atoms with E-state index < -0.39 is 0 Å². The third kappa shape index (κ3) is 15.1. The molecule has 0 spiro atoms. The van der Waals surface area contributed by atoms with Crippen LogP contribution in [0.15, 0.2) is 10.2 Å². The number of nitrogens with two attached hydrogens (primary N) is 2. The molecule has 0 radical (unpaired) electrons. The molecule has 0 aliphatic heterocycles. The second-order valence-electron chi connectivity index (χ2n) is 5.27. The summed E-state index contributed by atoms with van der Waals surface area (Å²) in [6.07, 6.45) is 9.18. The smallest absolute Gasteiger partial charge is 0.184 e. The van der Waals surface area contributed by atoms with Crippen LogP contribution in [0.2, 0.25) is 0 Å². The van der Waals surface area contributed by atoms with E-state index in [4.69, 9.17) is 35.9 Å². The number of nitrogens with one attached hydrogen (secondary N) is 2. The molecule has 6 nitrogen and oxygen atoms in total. The number of hydrazone groups is 2. The molecule has 0 rings (SSSR count). The molecule has 0 atom stereocenters. The molecule has 8 heteroatoms. The van der Waals surface area contributed by atoms with Crippen LogP contribution in [-0.2, 0) is 0 Å². The lowest BCUT2D eigenvalue weighted by Crippen LogP contribution is -2.25. The highest BCUT2D eigenvalue weighted by Gasteiger charge is 1.96. The fourth-order valence-corrected chi connectivity index (χ4v) is 1.97. The minimum Gasteiger partial charge on any atom is -0.375 e. The molecule has 22 heavy (non-hydrogen) atoms. The summed E-state index contributed by atoms with van der Waals surface area (Å²) in [7, 11) is 0. The molecule has 6 N–H and O–H groups in total. The van der Waals surface area contributed by atoms with E-state index in [0.29, 0.717) is 0 Å². The van der Waals surface area contributed by atoms with Gasteiger partial charge in [0, 0.05) is 11.4 Å². The first-order chi connectivity index (χ1) is 10.4. The van der Waals surface area contributed by atoms with Crippen LogP contribution in [0.25, 0.3) is 0 Å². The van der Waals surface area contributed by atoms with Crippen molar-refractivity contribution in [3.63, 3.8) is 0 Å². The maximum absolute atomic E-state index is 5.31. The van der Waals surface area contributed by atoms with Gasteiger partial charge in [0.05, 0.1) is 0 Å². The minimum atomic E-state index is 0.210. The van der Waals surface area contributed by atoms with Crippen molar-refractivity contribution in [1.82, 2.24) is 10.9 Å². The van der Waals surface area contributed by atoms with Gasteiger partial charge in [0.15, 0.2) is 10.2 Å². The Morgan fingerprint density at radius 3 is 1.36 bits per heavy atom. The predicted octanol–water partition coefficient (Wildman–Crippen LogP) is 2.53. The van der Waals surface area contributed by atoms with Crippen molar-refractivity contribution in [2.24, 2.45) is 21.7 Å². The maximum atomic E-state index is 5.31. The maximum Gasteiger partial charge on any atom is 0.184 e. The number of unbranched alkanes of at least 4 members (excludes halogenated alkanes) is 5. The van der Waals surface area contributed by atoms with Gasteiger partial charge in [-0.1, -0.05) is 25.7 Å². The Balaban J connectivity index is 3.47. The second-order valence-corrected chi connectivity index (χ2v) is 6.15. The number of thiocarbonyl (C=S) groups is 2. The lowest BCUT2D eigenvalue weighted by molar-refractivity contribution is 0.606. The summed E-state index contributed by atoms with van der Waals surface area (Å²) in [6.45, 7) is 3.96.